The molecule has 3 rings (SSSR count). The molecule has 1 N–H and O–H groups in total. The number of piperazine rings is 1. The fourth-order valence-electron chi connectivity index (χ4n) is 2.87. The molecule has 1 aromatic carbocycles. The van der Waals surface area contributed by atoms with E-state index in [1.54, 1.807) is 17.9 Å². The van der Waals surface area contributed by atoms with E-state index in [-0.39, 0.29) is 29.9 Å². The molecule has 1 aliphatic rings. The summed E-state index contributed by atoms with van der Waals surface area (Å²) in [6, 6.07) is 6.48. The monoisotopic (exact) mass is 412 g/mol. The number of anilines is 1. The molecule has 2 aromatic rings. The van der Waals surface area contributed by atoms with Crippen molar-refractivity contribution in [2.24, 2.45) is 0 Å². The molecule has 1 saturated heterocycles. The van der Waals surface area contributed by atoms with Crippen LogP contribution in [-0.4, -0.2) is 65.9 Å². The molecule has 0 bridgehead atoms. The molecule has 0 saturated carbocycles. The molecule has 1 aromatic heterocycles. The first-order valence-corrected chi connectivity index (χ1v) is 8.80. The Morgan fingerprint density at radius 3 is 2.38 bits per heavy atom. The van der Waals surface area contributed by atoms with Crippen LogP contribution in [0.4, 0.5) is 18.9 Å². The van der Waals surface area contributed by atoms with Crippen molar-refractivity contribution in [3.05, 3.63) is 41.8 Å². The predicted molar refractivity (Wildman–Crippen MR) is 95.3 cm³/mol. The smallest absolute Gasteiger partial charge is 0.406 e. The Balaban J connectivity index is 1.44. The van der Waals surface area contributed by atoms with E-state index < -0.39 is 6.36 Å². The number of hydrogen-bond donors (Lipinski definition) is 1. The van der Waals surface area contributed by atoms with Gasteiger partial charge < -0.3 is 19.5 Å². The van der Waals surface area contributed by atoms with Gasteiger partial charge in [0.25, 0.3) is 5.91 Å². The molecular weight excluding hydrogens is 393 g/mol. The minimum atomic E-state index is -4.76. The van der Waals surface area contributed by atoms with Gasteiger partial charge in [0.2, 0.25) is 11.7 Å². The Hall–Kier alpha value is -3.08. The maximum Gasteiger partial charge on any atom is 0.573 e. The fourth-order valence-corrected chi connectivity index (χ4v) is 2.87. The molecule has 0 aliphatic carbocycles. The number of benzene rings is 1. The van der Waals surface area contributed by atoms with Gasteiger partial charge in [0.05, 0.1) is 12.2 Å². The van der Waals surface area contributed by atoms with E-state index in [0.29, 0.717) is 37.6 Å². The Morgan fingerprint density at radius 1 is 1.17 bits per heavy atom. The number of nitrogens with one attached hydrogen (secondary N) is 1. The standard InChI is InChI=1S/C18H19F3N4O4/c1-12-10-15(29-23-12)17(27)25-8-6-24(7-9-25)11-16(26)22-13-2-4-14(5-3-13)28-18(19,20)21/h2-5,10H,6-9,11H2,1H3,(H,22,26). The minimum Gasteiger partial charge on any atom is -0.406 e. The third kappa shape index (κ3) is 5.95. The van der Waals surface area contributed by atoms with Gasteiger partial charge in [-0.15, -0.1) is 13.2 Å². The van der Waals surface area contributed by atoms with Crippen LogP contribution in [0.3, 0.4) is 0 Å². The lowest BCUT2D eigenvalue weighted by atomic mass is 10.2. The highest BCUT2D eigenvalue weighted by Gasteiger charge is 2.31. The quantitative estimate of drug-likeness (QED) is 0.811. The number of carbonyl (C=O) groups excluding carboxylic acids is 2. The number of halogens is 3. The van der Waals surface area contributed by atoms with E-state index in [1.165, 1.54) is 12.1 Å². The molecule has 0 spiro atoms. The summed E-state index contributed by atoms with van der Waals surface area (Å²) in [6.07, 6.45) is -4.76. The van der Waals surface area contributed by atoms with Crippen LogP contribution in [0.15, 0.2) is 34.9 Å². The van der Waals surface area contributed by atoms with Gasteiger partial charge >= 0.3 is 6.36 Å². The lowest BCUT2D eigenvalue weighted by molar-refractivity contribution is -0.274. The second-order valence-corrected chi connectivity index (χ2v) is 6.52. The van der Waals surface area contributed by atoms with E-state index in [9.17, 15) is 22.8 Å². The first kappa shape index (κ1) is 20.6. The summed E-state index contributed by atoms with van der Waals surface area (Å²) in [6.45, 7) is 3.72. The van der Waals surface area contributed by atoms with Crippen LogP contribution in [0.25, 0.3) is 0 Å². The van der Waals surface area contributed by atoms with Gasteiger partial charge in [-0.1, -0.05) is 5.16 Å². The molecule has 0 unspecified atom stereocenters. The van der Waals surface area contributed by atoms with Crippen LogP contribution in [0.5, 0.6) is 5.75 Å². The van der Waals surface area contributed by atoms with Crippen molar-refractivity contribution in [2.75, 3.05) is 38.0 Å². The number of nitrogens with zero attached hydrogens (tertiary/aromatic N) is 3. The Bertz CT molecular complexity index is 859. The van der Waals surface area contributed by atoms with E-state index in [0.717, 1.165) is 12.1 Å². The van der Waals surface area contributed by atoms with Crippen LogP contribution in [0.2, 0.25) is 0 Å². The average Bonchev–Trinajstić information content (AvgIpc) is 3.08. The summed E-state index contributed by atoms with van der Waals surface area (Å²) >= 11 is 0. The summed E-state index contributed by atoms with van der Waals surface area (Å²) in [5.74, 6) is -0.721. The molecule has 29 heavy (non-hydrogen) atoms. The third-order valence-electron chi connectivity index (χ3n) is 4.24. The number of aryl methyl sites for hydroxylation is 1. The maximum absolute atomic E-state index is 12.3. The van der Waals surface area contributed by atoms with Crippen LogP contribution in [0.1, 0.15) is 16.2 Å². The second kappa shape index (κ2) is 8.52. The molecule has 2 heterocycles. The van der Waals surface area contributed by atoms with Crippen molar-refractivity contribution in [1.82, 2.24) is 15.0 Å². The van der Waals surface area contributed by atoms with Crippen LogP contribution >= 0.6 is 0 Å². The van der Waals surface area contributed by atoms with Crippen LogP contribution in [0, 0.1) is 6.92 Å². The molecule has 8 nitrogen and oxygen atoms in total. The van der Waals surface area contributed by atoms with Gasteiger partial charge in [-0.2, -0.15) is 0 Å². The van der Waals surface area contributed by atoms with Crippen molar-refractivity contribution >= 4 is 17.5 Å². The first-order chi connectivity index (χ1) is 13.7. The average molecular weight is 412 g/mol. The predicted octanol–water partition coefficient (Wildman–Crippen LogP) is 2.28. The lowest BCUT2D eigenvalue weighted by Gasteiger charge is -2.33. The molecule has 1 aliphatic heterocycles. The Kier molecular flexibility index (Phi) is 6.06. The number of hydrogen-bond acceptors (Lipinski definition) is 6. The fraction of sp³-hybridized carbons (Fsp3) is 0.389. The minimum absolute atomic E-state index is 0.101. The highest BCUT2D eigenvalue weighted by Crippen LogP contribution is 2.24. The van der Waals surface area contributed by atoms with Gasteiger partial charge in [0.15, 0.2) is 0 Å². The summed E-state index contributed by atoms with van der Waals surface area (Å²) < 4.78 is 45.2. The van der Waals surface area contributed by atoms with Crippen molar-refractivity contribution in [3.8, 4) is 5.75 Å². The second-order valence-electron chi connectivity index (χ2n) is 6.52. The maximum atomic E-state index is 12.3. The van der Waals surface area contributed by atoms with Crippen molar-refractivity contribution in [3.63, 3.8) is 0 Å². The third-order valence-corrected chi connectivity index (χ3v) is 4.24. The van der Waals surface area contributed by atoms with Gasteiger partial charge in [0, 0.05) is 37.9 Å². The number of alkyl halides is 3. The van der Waals surface area contributed by atoms with Crippen molar-refractivity contribution in [1.29, 1.82) is 0 Å². The summed E-state index contributed by atoms with van der Waals surface area (Å²) in [5.41, 5.74) is 0.987. The zero-order chi connectivity index (χ0) is 21.0. The Morgan fingerprint density at radius 2 is 1.83 bits per heavy atom. The van der Waals surface area contributed by atoms with E-state index in [2.05, 4.69) is 15.2 Å². The highest BCUT2D eigenvalue weighted by atomic mass is 19.4. The van der Waals surface area contributed by atoms with Crippen LogP contribution in [-0.2, 0) is 4.79 Å². The zero-order valence-electron chi connectivity index (χ0n) is 15.5. The number of aromatic nitrogens is 1. The molecule has 0 atom stereocenters. The van der Waals surface area contributed by atoms with Crippen molar-refractivity contribution < 1.29 is 32.0 Å². The van der Waals surface area contributed by atoms with Gasteiger partial charge in [-0.25, -0.2) is 0 Å². The number of amides is 2. The summed E-state index contributed by atoms with van der Waals surface area (Å²) in [5, 5.41) is 6.32. The van der Waals surface area contributed by atoms with Gasteiger partial charge in [0.1, 0.15) is 5.75 Å². The molecule has 0 radical (unpaired) electrons. The zero-order valence-corrected chi connectivity index (χ0v) is 15.5. The normalized spacial score (nSPS) is 15.2. The molecule has 1 fully saturated rings. The number of ether oxygens (including phenoxy) is 1. The summed E-state index contributed by atoms with van der Waals surface area (Å²) in [4.78, 5) is 28.0. The molecular formula is C18H19F3N4O4. The molecule has 11 heteroatoms. The van der Waals surface area contributed by atoms with E-state index in [4.69, 9.17) is 4.52 Å². The molecule has 2 amide bonds. The van der Waals surface area contributed by atoms with Crippen molar-refractivity contribution in [2.45, 2.75) is 13.3 Å². The van der Waals surface area contributed by atoms with Crippen LogP contribution < -0.4 is 10.1 Å². The highest BCUT2D eigenvalue weighted by molar-refractivity contribution is 5.92. The lowest BCUT2D eigenvalue weighted by Crippen LogP contribution is -2.50. The van der Waals surface area contributed by atoms with Gasteiger partial charge in [-0.05, 0) is 31.2 Å². The topological polar surface area (TPSA) is 87.9 Å². The largest absolute Gasteiger partial charge is 0.573 e. The van der Waals surface area contributed by atoms with E-state index in [1.807, 2.05) is 4.90 Å². The number of rotatable bonds is 5. The number of carbonyl (C=O) groups is 2. The SMILES string of the molecule is Cc1cc(C(=O)N2CCN(CC(=O)Nc3ccc(OC(F)(F)F)cc3)CC2)on1. The van der Waals surface area contributed by atoms with E-state index >= 15 is 0 Å². The first-order valence-electron chi connectivity index (χ1n) is 8.80. The molecule has 156 valence electrons. The van der Waals surface area contributed by atoms with Gasteiger partial charge in [-0.3, -0.25) is 14.5 Å². The Labute approximate surface area is 164 Å². The summed E-state index contributed by atoms with van der Waals surface area (Å²) in [7, 11) is 0.